The Morgan fingerprint density at radius 2 is 1.69 bits per heavy atom. The van der Waals surface area contributed by atoms with Crippen LogP contribution in [0.5, 0.6) is 0 Å². The van der Waals surface area contributed by atoms with Crippen LogP contribution in [-0.2, 0) is 16.1 Å². The average Bonchev–Trinajstić information content (AvgIpc) is 3.47. The molecule has 0 atom stereocenters. The summed E-state index contributed by atoms with van der Waals surface area (Å²) < 4.78 is 5.47. The first-order chi connectivity index (χ1) is 14.2. The van der Waals surface area contributed by atoms with Crippen LogP contribution in [0.1, 0.15) is 31.4 Å². The lowest BCUT2D eigenvalue weighted by Gasteiger charge is -2.34. The molecule has 2 aliphatic heterocycles. The lowest BCUT2D eigenvalue weighted by Crippen LogP contribution is -2.46. The maximum absolute atomic E-state index is 13.1. The first-order valence-corrected chi connectivity index (χ1v) is 10.6. The summed E-state index contributed by atoms with van der Waals surface area (Å²) in [6.45, 7) is 4.19. The highest BCUT2D eigenvalue weighted by molar-refractivity contribution is 5.94. The molecule has 0 saturated carbocycles. The lowest BCUT2D eigenvalue weighted by molar-refractivity contribution is -0.136. The summed E-state index contributed by atoms with van der Waals surface area (Å²) >= 11 is 0. The van der Waals surface area contributed by atoms with Crippen LogP contribution in [0.15, 0.2) is 53.1 Å². The van der Waals surface area contributed by atoms with E-state index in [1.807, 2.05) is 47.4 Å². The van der Waals surface area contributed by atoms with E-state index < -0.39 is 0 Å². The number of hydrogen-bond acceptors (Lipinski definition) is 4. The van der Waals surface area contributed by atoms with E-state index in [4.69, 9.17) is 4.42 Å². The Bertz CT molecular complexity index is 792. The number of benzene rings is 1. The SMILES string of the molecule is O=C(C1CCN(CC(=O)N(Cc2ccco2)c2ccccc2)CC1)N1CCCC1. The van der Waals surface area contributed by atoms with Gasteiger partial charge in [0, 0.05) is 24.7 Å². The van der Waals surface area contributed by atoms with Crippen molar-refractivity contribution in [3.8, 4) is 0 Å². The predicted octanol–water partition coefficient (Wildman–Crippen LogP) is 3.15. The number of carbonyl (C=O) groups is 2. The molecule has 2 saturated heterocycles. The van der Waals surface area contributed by atoms with Gasteiger partial charge in [0.25, 0.3) is 0 Å². The quantitative estimate of drug-likeness (QED) is 0.754. The normalized spacial score (nSPS) is 18.1. The van der Waals surface area contributed by atoms with E-state index >= 15 is 0 Å². The van der Waals surface area contributed by atoms with Gasteiger partial charge < -0.3 is 14.2 Å². The van der Waals surface area contributed by atoms with Gasteiger partial charge in [-0.2, -0.15) is 0 Å². The lowest BCUT2D eigenvalue weighted by atomic mass is 9.95. The molecule has 154 valence electrons. The van der Waals surface area contributed by atoms with E-state index in [9.17, 15) is 9.59 Å². The van der Waals surface area contributed by atoms with Crippen LogP contribution in [0.25, 0.3) is 0 Å². The summed E-state index contributed by atoms with van der Waals surface area (Å²) in [4.78, 5) is 31.7. The zero-order chi connectivity index (χ0) is 20.1. The van der Waals surface area contributed by atoms with Gasteiger partial charge in [0.05, 0.1) is 19.4 Å². The molecule has 3 heterocycles. The second-order valence-electron chi connectivity index (χ2n) is 7.98. The van der Waals surface area contributed by atoms with E-state index in [0.29, 0.717) is 19.0 Å². The molecule has 2 aromatic rings. The van der Waals surface area contributed by atoms with E-state index in [1.54, 1.807) is 11.2 Å². The minimum Gasteiger partial charge on any atom is -0.467 e. The van der Waals surface area contributed by atoms with Gasteiger partial charge in [0.2, 0.25) is 11.8 Å². The van der Waals surface area contributed by atoms with Crippen molar-refractivity contribution >= 4 is 17.5 Å². The maximum atomic E-state index is 13.1. The largest absolute Gasteiger partial charge is 0.467 e. The molecule has 4 rings (SSSR count). The monoisotopic (exact) mass is 395 g/mol. The van der Waals surface area contributed by atoms with Gasteiger partial charge in [0.1, 0.15) is 5.76 Å². The Labute approximate surface area is 172 Å². The van der Waals surface area contributed by atoms with Gasteiger partial charge in [-0.05, 0) is 63.0 Å². The van der Waals surface area contributed by atoms with Crippen molar-refractivity contribution in [2.45, 2.75) is 32.2 Å². The summed E-state index contributed by atoms with van der Waals surface area (Å²) in [6.07, 6.45) is 5.57. The smallest absolute Gasteiger partial charge is 0.241 e. The fourth-order valence-electron chi connectivity index (χ4n) is 4.30. The van der Waals surface area contributed by atoms with Crippen LogP contribution in [-0.4, -0.2) is 54.3 Å². The molecule has 2 aliphatic rings. The van der Waals surface area contributed by atoms with E-state index in [2.05, 4.69) is 4.90 Å². The molecule has 0 bridgehead atoms. The third-order valence-electron chi connectivity index (χ3n) is 5.98. The van der Waals surface area contributed by atoms with Crippen molar-refractivity contribution in [2.75, 3.05) is 37.6 Å². The number of likely N-dealkylation sites (tertiary alicyclic amines) is 2. The van der Waals surface area contributed by atoms with Crippen LogP contribution < -0.4 is 4.90 Å². The van der Waals surface area contributed by atoms with Crippen molar-refractivity contribution in [1.29, 1.82) is 0 Å². The molecule has 0 aliphatic carbocycles. The molecule has 6 heteroatoms. The van der Waals surface area contributed by atoms with Crippen LogP contribution in [0, 0.1) is 5.92 Å². The molecule has 1 aromatic heterocycles. The van der Waals surface area contributed by atoms with Gasteiger partial charge in [-0.1, -0.05) is 18.2 Å². The van der Waals surface area contributed by atoms with Gasteiger partial charge in [-0.25, -0.2) is 0 Å². The van der Waals surface area contributed by atoms with Crippen molar-refractivity contribution in [1.82, 2.24) is 9.80 Å². The van der Waals surface area contributed by atoms with Gasteiger partial charge in [-0.3, -0.25) is 14.5 Å². The Morgan fingerprint density at radius 3 is 2.34 bits per heavy atom. The number of hydrogen-bond donors (Lipinski definition) is 0. The zero-order valence-electron chi connectivity index (χ0n) is 16.8. The van der Waals surface area contributed by atoms with E-state index in [-0.39, 0.29) is 11.8 Å². The molecule has 0 N–H and O–H groups in total. The van der Waals surface area contributed by atoms with Gasteiger partial charge in [0.15, 0.2) is 0 Å². The molecule has 2 amide bonds. The van der Waals surface area contributed by atoms with Crippen molar-refractivity contribution in [3.05, 3.63) is 54.5 Å². The molecule has 0 unspecified atom stereocenters. The fraction of sp³-hybridized carbons (Fsp3) is 0.478. The maximum Gasteiger partial charge on any atom is 0.241 e. The Morgan fingerprint density at radius 1 is 0.966 bits per heavy atom. The first kappa shape index (κ1) is 19.7. The summed E-state index contributed by atoms with van der Waals surface area (Å²) in [5.41, 5.74) is 0.869. The van der Waals surface area contributed by atoms with Gasteiger partial charge >= 0.3 is 0 Å². The minimum atomic E-state index is 0.0527. The highest BCUT2D eigenvalue weighted by Gasteiger charge is 2.31. The van der Waals surface area contributed by atoms with Crippen LogP contribution in [0.2, 0.25) is 0 Å². The Balaban J connectivity index is 1.35. The number of rotatable bonds is 6. The average molecular weight is 396 g/mol. The molecular weight excluding hydrogens is 366 g/mol. The van der Waals surface area contributed by atoms with Crippen LogP contribution in [0.3, 0.4) is 0 Å². The topological polar surface area (TPSA) is 57.0 Å². The van der Waals surface area contributed by atoms with Crippen LogP contribution in [0.4, 0.5) is 5.69 Å². The highest BCUT2D eigenvalue weighted by atomic mass is 16.3. The summed E-state index contributed by atoms with van der Waals surface area (Å²) in [7, 11) is 0. The standard InChI is InChI=1S/C23H29N3O3/c27-22(26(17-21-9-6-16-29-21)20-7-2-1-3-8-20)18-24-14-10-19(11-15-24)23(28)25-12-4-5-13-25/h1-3,6-9,16,19H,4-5,10-15,17-18H2. The molecule has 1 aromatic carbocycles. The first-order valence-electron chi connectivity index (χ1n) is 10.6. The summed E-state index contributed by atoms with van der Waals surface area (Å²) in [5, 5.41) is 0. The van der Waals surface area contributed by atoms with Crippen molar-refractivity contribution < 1.29 is 14.0 Å². The molecule has 0 radical (unpaired) electrons. The number of piperidine rings is 1. The van der Waals surface area contributed by atoms with Gasteiger partial charge in [-0.15, -0.1) is 0 Å². The number of carbonyl (C=O) groups excluding carboxylic acids is 2. The van der Waals surface area contributed by atoms with E-state index in [0.717, 1.165) is 63.3 Å². The number of amides is 2. The molecule has 2 fully saturated rings. The third kappa shape index (κ3) is 4.88. The Kier molecular flexibility index (Phi) is 6.30. The molecule has 6 nitrogen and oxygen atoms in total. The molecule has 29 heavy (non-hydrogen) atoms. The number of anilines is 1. The highest BCUT2D eigenvalue weighted by Crippen LogP contribution is 2.23. The second kappa shape index (κ2) is 9.27. The Hall–Kier alpha value is -2.60. The van der Waals surface area contributed by atoms with Crippen molar-refractivity contribution in [2.24, 2.45) is 5.92 Å². The molecular formula is C23H29N3O3. The summed E-state index contributed by atoms with van der Waals surface area (Å²) in [5.74, 6) is 1.25. The number of nitrogens with zero attached hydrogens (tertiary/aromatic N) is 3. The predicted molar refractivity (Wildman–Crippen MR) is 111 cm³/mol. The zero-order valence-corrected chi connectivity index (χ0v) is 16.8. The van der Waals surface area contributed by atoms with E-state index in [1.165, 1.54) is 0 Å². The van der Waals surface area contributed by atoms with Crippen LogP contribution >= 0.6 is 0 Å². The number of para-hydroxylation sites is 1. The fourth-order valence-corrected chi connectivity index (χ4v) is 4.30. The second-order valence-corrected chi connectivity index (χ2v) is 7.98. The third-order valence-corrected chi connectivity index (χ3v) is 5.98. The molecule has 0 spiro atoms. The number of furan rings is 1. The summed E-state index contributed by atoms with van der Waals surface area (Å²) in [6, 6.07) is 13.4. The minimum absolute atomic E-state index is 0.0527. The van der Waals surface area contributed by atoms with Crippen molar-refractivity contribution in [3.63, 3.8) is 0 Å².